The van der Waals surface area contributed by atoms with E-state index in [0.29, 0.717) is 6.61 Å². The van der Waals surface area contributed by atoms with Crippen LogP contribution in [0.2, 0.25) is 0 Å². The lowest BCUT2D eigenvalue weighted by molar-refractivity contribution is -0.137. The molecule has 0 rings (SSSR count). The van der Waals surface area contributed by atoms with Gasteiger partial charge in [0.05, 0.1) is 6.61 Å². The fourth-order valence-electron chi connectivity index (χ4n) is 1.02. The van der Waals surface area contributed by atoms with Gasteiger partial charge in [0.2, 0.25) is 0 Å². The average molecular weight is 211 g/mol. The maximum absolute atomic E-state index is 11.2. The van der Waals surface area contributed by atoms with Crippen LogP contribution in [0, 0.1) is 0 Å². The zero-order valence-electron chi connectivity index (χ0n) is 10.1. The van der Waals surface area contributed by atoms with Gasteiger partial charge in [-0.3, -0.25) is 0 Å². The van der Waals surface area contributed by atoms with Crippen molar-refractivity contribution in [3.63, 3.8) is 0 Å². The molecule has 15 heavy (non-hydrogen) atoms. The summed E-state index contributed by atoms with van der Waals surface area (Å²) in [4.78, 5) is 13.1. The fourth-order valence-corrected chi connectivity index (χ4v) is 1.02. The van der Waals surface area contributed by atoms with Gasteiger partial charge in [0.15, 0.2) is 0 Å². The Morgan fingerprint density at radius 2 is 2.00 bits per heavy atom. The summed E-state index contributed by atoms with van der Waals surface area (Å²) >= 11 is 0. The highest BCUT2D eigenvalue weighted by Crippen LogP contribution is 2.00. The second-order valence-electron chi connectivity index (χ2n) is 3.46. The summed E-state index contributed by atoms with van der Waals surface area (Å²) in [7, 11) is 3.87. The summed E-state index contributed by atoms with van der Waals surface area (Å²) in [5.41, 5.74) is 0.988. The predicted octanol–water partition coefficient (Wildman–Crippen LogP) is 2.35. The van der Waals surface area contributed by atoms with Crippen molar-refractivity contribution in [2.75, 3.05) is 20.7 Å². The summed E-state index contributed by atoms with van der Waals surface area (Å²) in [6, 6.07) is 0. The topological polar surface area (TPSA) is 29.5 Å². The molecule has 0 saturated heterocycles. The van der Waals surface area contributed by atoms with Gasteiger partial charge in [0, 0.05) is 25.9 Å². The molecule has 0 heterocycles. The number of nitrogens with zero attached hydrogens (tertiary/aromatic N) is 1. The Labute approximate surface area is 92.4 Å². The van der Waals surface area contributed by atoms with Crippen LogP contribution in [0.4, 0.5) is 0 Å². The second-order valence-corrected chi connectivity index (χ2v) is 3.46. The van der Waals surface area contributed by atoms with Crippen molar-refractivity contribution in [2.24, 2.45) is 0 Å². The van der Waals surface area contributed by atoms with Gasteiger partial charge >= 0.3 is 5.97 Å². The molecule has 0 aromatic rings. The van der Waals surface area contributed by atoms with E-state index in [9.17, 15) is 4.79 Å². The summed E-state index contributed by atoms with van der Waals surface area (Å²) in [5, 5.41) is 0. The zero-order chi connectivity index (χ0) is 11.7. The third kappa shape index (κ3) is 6.77. The normalized spacial score (nSPS) is 11.9. The molecule has 0 saturated carbocycles. The Hall–Kier alpha value is -1.25. The number of likely N-dealkylation sites (N-methyl/N-ethyl adjacent to an activating group) is 1. The Morgan fingerprint density at radius 3 is 2.47 bits per heavy atom. The zero-order valence-corrected chi connectivity index (χ0v) is 10.1. The van der Waals surface area contributed by atoms with Crippen molar-refractivity contribution in [1.82, 2.24) is 4.90 Å². The smallest absolute Gasteiger partial charge is 0.330 e. The molecule has 0 aromatic heterocycles. The molecule has 0 aliphatic rings. The number of carbonyl (C=O) groups excluding carboxylic acids is 1. The van der Waals surface area contributed by atoms with Gasteiger partial charge in [-0.1, -0.05) is 19.4 Å². The number of esters is 1. The van der Waals surface area contributed by atoms with Crippen LogP contribution in [0.25, 0.3) is 0 Å². The van der Waals surface area contributed by atoms with E-state index in [-0.39, 0.29) is 5.97 Å². The highest BCUT2D eigenvalue weighted by molar-refractivity contribution is 5.82. The second kappa shape index (κ2) is 8.09. The predicted molar refractivity (Wildman–Crippen MR) is 62.5 cm³/mol. The third-order valence-electron chi connectivity index (χ3n) is 1.94. The molecule has 86 valence electrons. The lowest BCUT2D eigenvalue weighted by atomic mass is 10.3. The van der Waals surface area contributed by atoms with Crippen molar-refractivity contribution >= 4 is 5.97 Å². The third-order valence-corrected chi connectivity index (χ3v) is 1.94. The van der Waals surface area contributed by atoms with Crippen LogP contribution in [0.5, 0.6) is 0 Å². The van der Waals surface area contributed by atoms with E-state index in [1.165, 1.54) is 6.08 Å². The maximum Gasteiger partial charge on any atom is 0.330 e. The Balaban J connectivity index is 3.99. The molecule has 0 spiro atoms. The van der Waals surface area contributed by atoms with E-state index in [0.717, 1.165) is 18.5 Å². The van der Waals surface area contributed by atoms with Crippen LogP contribution in [0.3, 0.4) is 0 Å². The van der Waals surface area contributed by atoms with E-state index < -0.39 is 0 Å². The van der Waals surface area contributed by atoms with Crippen molar-refractivity contribution in [1.29, 1.82) is 0 Å². The standard InChI is InChI=1S/C12H21NO2/c1-5-7-10-15-12(14)9-8-11(6-2)13(3)4/h6,8-9H,5,7,10H2,1-4H3. The number of rotatable bonds is 6. The maximum atomic E-state index is 11.2. The average Bonchev–Trinajstić information content (AvgIpc) is 2.18. The molecule has 0 aliphatic heterocycles. The molecule has 0 atom stereocenters. The van der Waals surface area contributed by atoms with Crippen molar-refractivity contribution in [2.45, 2.75) is 26.7 Å². The number of allylic oxidation sites excluding steroid dienone is 2. The molecule has 0 unspecified atom stereocenters. The van der Waals surface area contributed by atoms with Gasteiger partial charge in [-0.2, -0.15) is 0 Å². The molecule has 0 aromatic carbocycles. The minimum Gasteiger partial charge on any atom is -0.463 e. The Morgan fingerprint density at radius 1 is 1.33 bits per heavy atom. The van der Waals surface area contributed by atoms with Crippen LogP contribution in [-0.2, 0) is 9.53 Å². The number of hydrogen-bond donors (Lipinski definition) is 0. The SMILES string of the molecule is CC=C(C=CC(=O)OCCCC)N(C)C. The van der Waals surface area contributed by atoms with Crippen molar-refractivity contribution < 1.29 is 9.53 Å². The molecule has 3 nitrogen and oxygen atoms in total. The molecule has 3 heteroatoms. The number of ether oxygens (including phenoxy) is 1. The van der Waals surface area contributed by atoms with Gasteiger partial charge in [-0.25, -0.2) is 4.79 Å². The van der Waals surface area contributed by atoms with Crippen LogP contribution in [0.15, 0.2) is 23.9 Å². The molecule has 0 bridgehead atoms. The molecular weight excluding hydrogens is 190 g/mol. The summed E-state index contributed by atoms with van der Waals surface area (Å²) < 4.78 is 4.99. The minimum atomic E-state index is -0.273. The summed E-state index contributed by atoms with van der Waals surface area (Å²) in [5.74, 6) is -0.273. The van der Waals surface area contributed by atoms with E-state index >= 15 is 0 Å². The quantitative estimate of drug-likeness (QED) is 0.292. The monoisotopic (exact) mass is 211 g/mol. The summed E-state index contributed by atoms with van der Waals surface area (Å²) in [6.07, 6.45) is 7.12. The van der Waals surface area contributed by atoms with Crippen molar-refractivity contribution in [3.8, 4) is 0 Å². The molecule has 0 aliphatic carbocycles. The molecule has 0 N–H and O–H groups in total. The van der Waals surface area contributed by atoms with E-state index in [2.05, 4.69) is 6.92 Å². The first-order valence-corrected chi connectivity index (χ1v) is 5.30. The first-order chi connectivity index (χ1) is 7.11. The van der Waals surface area contributed by atoms with Crippen LogP contribution in [-0.4, -0.2) is 31.6 Å². The highest BCUT2D eigenvalue weighted by Gasteiger charge is 1.97. The lowest BCUT2D eigenvalue weighted by Crippen LogP contribution is -2.09. The Bertz CT molecular complexity index is 242. The fraction of sp³-hybridized carbons (Fsp3) is 0.583. The van der Waals surface area contributed by atoms with Gasteiger partial charge in [-0.05, 0) is 19.4 Å². The highest BCUT2D eigenvalue weighted by atomic mass is 16.5. The molecule has 0 fully saturated rings. The van der Waals surface area contributed by atoms with Crippen molar-refractivity contribution in [3.05, 3.63) is 23.9 Å². The lowest BCUT2D eigenvalue weighted by Gasteiger charge is -2.12. The molecule has 0 radical (unpaired) electrons. The van der Waals surface area contributed by atoms with E-state index in [4.69, 9.17) is 4.74 Å². The largest absolute Gasteiger partial charge is 0.463 e. The molecular formula is C12H21NO2. The summed E-state index contributed by atoms with van der Waals surface area (Å²) in [6.45, 7) is 4.50. The van der Waals surface area contributed by atoms with E-state index in [1.807, 2.05) is 32.0 Å². The van der Waals surface area contributed by atoms with Gasteiger partial charge in [0.1, 0.15) is 0 Å². The van der Waals surface area contributed by atoms with Gasteiger partial charge < -0.3 is 9.64 Å². The number of unbranched alkanes of at least 4 members (excludes halogenated alkanes) is 1. The van der Waals surface area contributed by atoms with Gasteiger partial charge in [0.25, 0.3) is 0 Å². The number of hydrogen-bond acceptors (Lipinski definition) is 3. The first-order valence-electron chi connectivity index (χ1n) is 5.30. The Kier molecular flexibility index (Phi) is 7.42. The number of carbonyl (C=O) groups is 1. The van der Waals surface area contributed by atoms with Crippen LogP contribution in [0.1, 0.15) is 26.7 Å². The first kappa shape index (κ1) is 13.8. The van der Waals surface area contributed by atoms with Crippen LogP contribution >= 0.6 is 0 Å². The minimum absolute atomic E-state index is 0.273. The molecule has 0 amide bonds. The van der Waals surface area contributed by atoms with E-state index in [1.54, 1.807) is 6.08 Å². The van der Waals surface area contributed by atoms with Crippen LogP contribution < -0.4 is 0 Å². The van der Waals surface area contributed by atoms with Gasteiger partial charge in [-0.15, -0.1) is 0 Å².